The van der Waals surface area contributed by atoms with Crippen molar-refractivity contribution in [3.05, 3.63) is 57.8 Å². The van der Waals surface area contributed by atoms with Crippen LogP contribution in [0.25, 0.3) is 11.8 Å². The average Bonchev–Trinajstić information content (AvgIpc) is 2.98. The largest absolute Gasteiger partial charge is 0.478 e. The lowest BCUT2D eigenvalue weighted by molar-refractivity contribution is -0.121. The standard InChI is InChI=1S/C18H16N2O3S2/c1-10-7-13(9-15-16(21)19(3)18(24)25-15)11(2)20(10)14-6-4-5-12(8-14)17(22)23/h4-9H,1-3H3,(H,22,23)/b15-9+. The van der Waals surface area contributed by atoms with Crippen molar-refractivity contribution < 1.29 is 14.7 Å². The smallest absolute Gasteiger partial charge is 0.335 e. The van der Waals surface area contributed by atoms with Crippen LogP contribution in [0.15, 0.2) is 35.2 Å². The Morgan fingerprint density at radius 2 is 2.00 bits per heavy atom. The Morgan fingerprint density at radius 1 is 1.28 bits per heavy atom. The van der Waals surface area contributed by atoms with Crippen molar-refractivity contribution in [2.24, 2.45) is 0 Å². The second kappa shape index (κ2) is 6.50. The van der Waals surface area contributed by atoms with Crippen LogP contribution in [-0.4, -0.2) is 37.8 Å². The van der Waals surface area contributed by atoms with Gasteiger partial charge in [0.15, 0.2) is 0 Å². The number of likely N-dealkylation sites (N-methyl/N-ethyl adjacent to an activating group) is 1. The highest BCUT2D eigenvalue weighted by molar-refractivity contribution is 8.26. The van der Waals surface area contributed by atoms with Crippen LogP contribution in [0.1, 0.15) is 27.3 Å². The molecule has 1 saturated heterocycles. The van der Waals surface area contributed by atoms with Gasteiger partial charge in [-0.25, -0.2) is 4.79 Å². The molecule has 1 N–H and O–H groups in total. The van der Waals surface area contributed by atoms with E-state index in [4.69, 9.17) is 12.2 Å². The SMILES string of the molecule is Cc1cc(/C=C2/SC(=S)N(C)C2=O)c(C)n1-c1cccc(C(=O)O)c1. The van der Waals surface area contributed by atoms with Gasteiger partial charge in [-0.05, 0) is 49.8 Å². The van der Waals surface area contributed by atoms with Crippen LogP contribution in [0, 0.1) is 13.8 Å². The van der Waals surface area contributed by atoms with E-state index < -0.39 is 5.97 Å². The van der Waals surface area contributed by atoms with Crippen LogP contribution in [-0.2, 0) is 4.79 Å². The lowest BCUT2D eigenvalue weighted by Gasteiger charge is -2.10. The van der Waals surface area contributed by atoms with Crippen LogP contribution in [0.5, 0.6) is 0 Å². The quantitative estimate of drug-likeness (QED) is 0.659. The van der Waals surface area contributed by atoms with Gasteiger partial charge in [0.25, 0.3) is 5.91 Å². The summed E-state index contributed by atoms with van der Waals surface area (Å²) in [5.74, 6) is -1.07. The number of nitrogens with zero attached hydrogens (tertiary/aromatic N) is 2. The molecule has 2 heterocycles. The molecule has 25 heavy (non-hydrogen) atoms. The molecule has 0 atom stereocenters. The number of hydrogen-bond donors (Lipinski definition) is 1. The van der Waals surface area contributed by atoms with Gasteiger partial charge in [-0.15, -0.1) is 0 Å². The Kier molecular flexibility index (Phi) is 4.53. The second-order valence-corrected chi connectivity index (χ2v) is 7.43. The minimum atomic E-state index is -0.962. The molecule has 0 saturated carbocycles. The van der Waals surface area contributed by atoms with Gasteiger partial charge in [-0.1, -0.05) is 30.0 Å². The molecule has 1 aliphatic heterocycles. The van der Waals surface area contributed by atoms with Crippen molar-refractivity contribution in [1.82, 2.24) is 9.47 Å². The summed E-state index contributed by atoms with van der Waals surface area (Å²) in [4.78, 5) is 25.5. The molecule has 2 aromatic rings. The van der Waals surface area contributed by atoms with E-state index in [2.05, 4.69) is 0 Å². The first-order chi connectivity index (χ1) is 11.8. The fourth-order valence-corrected chi connectivity index (χ4v) is 3.97. The van der Waals surface area contributed by atoms with Crippen LogP contribution >= 0.6 is 24.0 Å². The number of carbonyl (C=O) groups is 2. The molecule has 0 aliphatic carbocycles. The molecule has 1 aromatic carbocycles. The minimum Gasteiger partial charge on any atom is -0.478 e. The number of hydrogen-bond acceptors (Lipinski definition) is 4. The van der Waals surface area contributed by atoms with E-state index in [1.807, 2.05) is 36.6 Å². The predicted molar refractivity (Wildman–Crippen MR) is 103 cm³/mol. The number of thiocarbonyl (C=S) groups is 1. The van der Waals surface area contributed by atoms with E-state index in [9.17, 15) is 14.7 Å². The molecule has 1 aliphatic rings. The fourth-order valence-electron chi connectivity index (χ4n) is 2.80. The van der Waals surface area contributed by atoms with Gasteiger partial charge in [0.2, 0.25) is 0 Å². The highest BCUT2D eigenvalue weighted by atomic mass is 32.2. The highest BCUT2D eigenvalue weighted by Crippen LogP contribution is 2.33. The van der Waals surface area contributed by atoms with Crippen LogP contribution in [0.4, 0.5) is 0 Å². The zero-order valence-corrected chi connectivity index (χ0v) is 15.6. The summed E-state index contributed by atoms with van der Waals surface area (Å²) in [5.41, 5.74) is 3.81. The first kappa shape index (κ1) is 17.4. The molecule has 0 bridgehead atoms. The third-order valence-electron chi connectivity index (χ3n) is 4.09. The molecule has 1 amide bonds. The van der Waals surface area contributed by atoms with E-state index >= 15 is 0 Å². The number of benzene rings is 1. The maximum absolute atomic E-state index is 12.2. The molecule has 128 valence electrons. The maximum Gasteiger partial charge on any atom is 0.335 e. The number of aromatic nitrogens is 1. The molecular weight excluding hydrogens is 356 g/mol. The molecular formula is C18H16N2O3S2. The fraction of sp³-hybridized carbons (Fsp3) is 0.167. The summed E-state index contributed by atoms with van der Waals surface area (Å²) in [6.07, 6.45) is 1.84. The zero-order chi connectivity index (χ0) is 18.3. The molecule has 5 nitrogen and oxygen atoms in total. The molecule has 1 aromatic heterocycles. The summed E-state index contributed by atoms with van der Waals surface area (Å²) in [6, 6.07) is 8.76. The van der Waals surface area contributed by atoms with Gasteiger partial charge in [0.05, 0.1) is 10.5 Å². The second-order valence-electron chi connectivity index (χ2n) is 5.76. The first-order valence-electron chi connectivity index (χ1n) is 7.54. The number of aryl methyl sites for hydroxylation is 1. The van der Waals surface area contributed by atoms with Gasteiger partial charge in [-0.3, -0.25) is 9.69 Å². The van der Waals surface area contributed by atoms with Gasteiger partial charge in [0, 0.05) is 24.1 Å². The van der Waals surface area contributed by atoms with Crippen LogP contribution < -0.4 is 0 Å². The minimum absolute atomic E-state index is 0.104. The first-order valence-corrected chi connectivity index (χ1v) is 8.76. The monoisotopic (exact) mass is 372 g/mol. The summed E-state index contributed by atoms with van der Waals surface area (Å²) < 4.78 is 2.52. The maximum atomic E-state index is 12.2. The zero-order valence-electron chi connectivity index (χ0n) is 13.9. The van der Waals surface area contributed by atoms with Crippen LogP contribution in [0.2, 0.25) is 0 Å². The van der Waals surface area contributed by atoms with Crippen molar-refractivity contribution in [2.75, 3.05) is 7.05 Å². The summed E-state index contributed by atoms with van der Waals surface area (Å²) in [5, 5.41) is 9.19. The van der Waals surface area contributed by atoms with Gasteiger partial charge in [-0.2, -0.15) is 0 Å². The van der Waals surface area contributed by atoms with E-state index in [1.165, 1.54) is 16.7 Å². The molecule has 0 radical (unpaired) electrons. The third-order valence-corrected chi connectivity index (χ3v) is 5.58. The number of carbonyl (C=O) groups excluding carboxylic acids is 1. The predicted octanol–water partition coefficient (Wildman–Crippen LogP) is 3.62. The van der Waals surface area contributed by atoms with Crippen molar-refractivity contribution >= 4 is 46.3 Å². The Hall–Kier alpha value is -2.38. The Bertz CT molecular complexity index is 944. The number of carboxylic acid groups (broad SMARTS) is 1. The van der Waals surface area contributed by atoms with Crippen LogP contribution in [0.3, 0.4) is 0 Å². The molecule has 3 rings (SSSR count). The molecule has 7 heteroatoms. The van der Waals surface area contributed by atoms with E-state index in [1.54, 1.807) is 25.2 Å². The van der Waals surface area contributed by atoms with Crippen molar-refractivity contribution in [3.63, 3.8) is 0 Å². The topological polar surface area (TPSA) is 62.5 Å². The van der Waals surface area contributed by atoms with Crippen molar-refractivity contribution in [3.8, 4) is 5.69 Å². The average molecular weight is 372 g/mol. The molecule has 0 spiro atoms. The lowest BCUT2D eigenvalue weighted by Crippen LogP contribution is -2.22. The van der Waals surface area contributed by atoms with Gasteiger partial charge in [0.1, 0.15) is 4.32 Å². The van der Waals surface area contributed by atoms with Gasteiger partial charge >= 0.3 is 5.97 Å². The molecule has 1 fully saturated rings. The van der Waals surface area contributed by atoms with Crippen molar-refractivity contribution in [1.29, 1.82) is 0 Å². The summed E-state index contributed by atoms with van der Waals surface area (Å²) in [7, 11) is 1.67. The third kappa shape index (κ3) is 3.12. The molecule has 0 unspecified atom stereocenters. The number of amides is 1. The normalized spacial score (nSPS) is 16.1. The Morgan fingerprint density at radius 3 is 2.60 bits per heavy atom. The number of aromatic carboxylic acids is 1. The van der Waals surface area contributed by atoms with E-state index in [0.717, 1.165) is 22.6 Å². The summed E-state index contributed by atoms with van der Waals surface area (Å²) >= 11 is 6.44. The van der Waals surface area contributed by atoms with Gasteiger partial charge < -0.3 is 9.67 Å². The number of thioether (sulfide) groups is 1. The van der Waals surface area contributed by atoms with E-state index in [0.29, 0.717) is 9.23 Å². The number of carboxylic acids is 1. The van der Waals surface area contributed by atoms with Crippen molar-refractivity contribution in [2.45, 2.75) is 13.8 Å². The Balaban J connectivity index is 2.06. The number of rotatable bonds is 3. The Labute approximate surface area is 154 Å². The highest BCUT2D eigenvalue weighted by Gasteiger charge is 2.29. The van der Waals surface area contributed by atoms with E-state index in [-0.39, 0.29) is 11.5 Å². The lowest BCUT2D eigenvalue weighted by atomic mass is 10.2. The summed E-state index contributed by atoms with van der Waals surface area (Å²) in [6.45, 7) is 3.89.